The van der Waals surface area contributed by atoms with Crippen LogP contribution in [-0.2, 0) is 0 Å². The minimum Gasteiger partial charge on any atom is -0.333 e. The minimum absolute atomic E-state index is 0.133. The van der Waals surface area contributed by atoms with Crippen molar-refractivity contribution in [2.75, 3.05) is 19.6 Å². The summed E-state index contributed by atoms with van der Waals surface area (Å²) in [5.74, 6) is -0.707. The maximum atomic E-state index is 13.6. The third kappa shape index (κ3) is 2.50. The van der Waals surface area contributed by atoms with Gasteiger partial charge in [-0.3, -0.25) is 4.79 Å². The van der Waals surface area contributed by atoms with E-state index in [4.69, 9.17) is 0 Å². The molecule has 1 aliphatic rings. The van der Waals surface area contributed by atoms with Crippen molar-refractivity contribution < 1.29 is 9.18 Å². The first-order valence-electron chi connectivity index (χ1n) is 5.60. The van der Waals surface area contributed by atoms with Crippen molar-refractivity contribution in [1.29, 1.82) is 0 Å². The van der Waals surface area contributed by atoms with E-state index < -0.39 is 5.82 Å². The number of rotatable bonds is 3. The van der Waals surface area contributed by atoms with Gasteiger partial charge in [-0.25, -0.2) is 4.39 Å². The number of nitrogens with zero attached hydrogens (tertiary/aromatic N) is 1. The second kappa shape index (κ2) is 5.14. The number of halogens is 2. The Morgan fingerprint density at radius 1 is 1.59 bits per heavy atom. The second-order valence-electron chi connectivity index (χ2n) is 4.03. The number of nitrogens with one attached hydrogen (secondary N) is 1. The van der Waals surface area contributed by atoms with Crippen LogP contribution < -0.4 is 5.32 Å². The van der Waals surface area contributed by atoms with Crippen molar-refractivity contribution in [1.82, 2.24) is 10.2 Å². The Morgan fingerprint density at radius 2 is 2.29 bits per heavy atom. The Kier molecular flexibility index (Phi) is 3.79. The average molecular weight is 301 g/mol. The van der Waals surface area contributed by atoms with Crippen LogP contribution in [0.15, 0.2) is 22.7 Å². The fraction of sp³-hybridized carbons (Fsp3) is 0.417. The van der Waals surface area contributed by atoms with Crippen LogP contribution in [0.3, 0.4) is 0 Å². The number of carbonyl (C=O) groups excluding carboxylic acids is 1. The molecule has 1 amide bonds. The summed E-state index contributed by atoms with van der Waals surface area (Å²) in [4.78, 5) is 13.9. The first-order chi connectivity index (χ1) is 8.13. The van der Waals surface area contributed by atoms with Crippen LogP contribution in [0.25, 0.3) is 0 Å². The predicted octanol–water partition coefficient (Wildman–Crippen LogP) is 2.02. The lowest BCUT2D eigenvalue weighted by molar-refractivity contribution is 0.0625. The van der Waals surface area contributed by atoms with Crippen LogP contribution in [-0.4, -0.2) is 36.5 Å². The highest BCUT2D eigenvalue weighted by Crippen LogP contribution is 2.19. The van der Waals surface area contributed by atoms with Gasteiger partial charge in [0, 0.05) is 24.1 Å². The van der Waals surface area contributed by atoms with Gasteiger partial charge in [-0.2, -0.15) is 0 Å². The summed E-state index contributed by atoms with van der Waals surface area (Å²) in [5, 5.41) is 3.11. The largest absolute Gasteiger partial charge is 0.333 e. The molecule has 0 radical (unpaired) electrons. The fourth-order valence-corrected chi connectivity index (χ4v) is 2.24. The maximum Gasteiger partial charge on any atom is 0.257 e. The average Bonchev–Trinajstić information content (AvgIpc) is 2.25. The molecule has 1 heterocycles. The van der Waals surface area contributed by atoms with E-state index in [1.54, 1.807) is 11.0 Å². The zero-order valence-corrected chi connectivity index (χ0v) is 11.1. The van der Waals surface area contributed by atoms with E-state index in [0.717, 1.165) is 13.1 Å². The molecule has 1 fully saturated rings. The fourth-order valence-electron chi connectivity index (χ4n) is 1.88. The highest BCUT2D eigenvalue weighted by atomic mass is 79.9. The highest BCUT2D eigenvalue weighted by Gasteiger charge is 2.29. The van der Waals surface area contributed by atoms with Gasteiger partial charge in [0.1, 0.15) is 5.82 Å². The Bertz CT molecular complexity index is 435. The summed E-state index contributed by atoms with van der Waals surface area (Å²) in [6, 6.07) is 4.62. The zero-order valence-electron chi connectivity index (χ0n) is 9.54. The smallest absolute Gasteiger partial charge is 0.257 e. The van der Waals surface area contributed by atoms with Gasteiger partial charge < -0.3 is 10.2 Å². The number of carbonyl (C=O) groups is 1. The molecule has 1 aromatic rings. The number of hydrogen-bond donors (Lipinski definition) is 1. The molecular formula is C12H14BrFN2O. The van der Waals surface area contributed by atoms with Crippen LogP contribution in [0.4, 0.5) is 4.39 Å². The van der Waals surface area contributed by atoms with E-state index in [1.807, 2.05) is 6.92 Å². The SMILES string of the molecule is CCN(C(=O)c1cc(Br)ccc1F)C1CNC1. The van der Waals surface area contributed by atoms with Gasteiger partial charge in [-0.15, -0.1) is 0 Å². The Hall–Kier alpha value is -0.940. The monoisotopic (exact) mass is 300 g/mol. The number of benzene rings is 1. The van der Waals surface area contributed by atoms with E-state index in [2.05, 4.69) is 21.2 Å². The maximum absolute atomic E-state index is 13.6. The lowest BCUT2D eigenvalue weighted by Gasteiger charge is -2.37. The summed E-state index contributed by atoms with van der Waals surface area (Å²) in [6.07, 6.45) is 0. The molecule has 0 spiro atoms. The first kappa shape index (κ1) is 12.5. The molecular weight excluding hydrogens is 287 g/mol. The van der Waals surface area contributed by atoms with Crippen molar-refractivity contribution in [2.24, 2.45) is 0 Å². The van der Waals surface area contributed by atoms with Crippen molar-refractivity contribution in [3.63, 3.8) is 0 Å². The molecule has 2 rings (SSSR count). The second-order valence-corrected chi connectivity index (χ2v) is 4.94. The standard InChI is InChI=1S/C12H14BrFN2O/c1-2-16(9-6-15-7-9)12(17)10-5-8(13)3-4-11(10)14/h3-5,9,15H,2,6-7H2,1H3. The normalized spacial score (nSPS) is 15.5. The molecule has 0 aliphatic carbocycles. The van der Waals surface area contributed by atoms with Crippen molar-refractivity contribution >= 4 is 21.8 Å². The van der Waals surface area contributed by atoms with E-state index in [0.29, 0.717) is 11.0 Å². The lowest BCUT2D eigenvalue weighted by atomic mass is 10.1. The lowest BCUT2D eigenvalue weighted by Crippen LogP contribution is -2.58. The molecule has 1 aromatic carbocycles. The summed E-state index contributed by atoms with van der Waals surface area (Å²) in [6.45, 7) is 4.08. The summed E-state index contributed by atoms with van der Waals surface area (Å²) >= 11 is 3.25. The van der Waals surface area contributed by atoms with E-state index in [-0.39, 0.29) is 17.5 Å². The Labute approximate surface area is 108 Å². The first-order valence-corrected chi connectivity index (χ1v) is 6.39. The van der Waals surface area contributed by atoms with Crippen LogP contribution in [0.5, 0.6) is 0 Å². The number of likely N-dealkylation sites (N-methyl/N-ethyl adjacent to an activating group) is 1. The third-order valence-corrected chi connectivity index (χ3v) is 3.45. The van der Waals surface area contributed by atoms with Crippen molar-refractivity contribution in [2.45, 2.75) is 13.0 Å². The Morgan fingerprint density at radius 3 is 2.82 bits per heavy atom. The van der Waals surface area contributed by atoms with Crippen LogP contribution in [0.2, 0.25) is 0 Å². The van der Waals surface area contributed by atoms with Crippen molar-refractivity contribution in [3.8, 4) is 0 Å². The molecule has 0 saturated carbocycles. The number of amides is 1. The molecule has 0 bridgehead atoms. The summed E-state index contributed by atoms with van der Waals surface area (Å²) in [7, 11) is 0. The summed E-state index contributed by atoms with van der Waals surface area (Å²) < 4.78 is 14.3. The highest BCUT2D eigenvalue weighted by molar-refractivity contribution is 9.10. The van der Waals surface area contributed by atoms with E-state index in [9.17, 15) is 9.18 Å². The van der Waals surface area contributed by atoms with Crippen LogP contribution in [0, 0.1) is 5.82 Å². The molecule has 0 aromatic heterocycles. The summed E-state index contributed by atoms with van der Waals surface area (Å²) in [5.41, 5.74) is 0.133. The quantitative estimate of drug-likeness (QED) is 0.926. The van der Waals surface area contributed by atoms with Gasteiger partial charge in [0.05, 0.1) is 11.6 Å². The van der Waals surface area contributed by atoms with Gasteiger partial charge in [0.15, 0.2) is 0 Å². The van der Waals surface area contributed by atoms with Gasteiger partial charge >= 0.3 is 0 Å². The van der Waals surface area contributed by atoms with Gasteiger partial charge in [0.2, 0.25) is 0 Å². The van der Waals surface area contributed by atoms with Gasteiger partial charge in [0.25, 0.3) is 5.91 Å². The molecule has 92 valence electrons. The molecule has 0 unspecified atom stereocenters. The Balaban J connectivity index is 2.25. The zero-order chi connectivity index (χ0) is 12.4. The van der Waals surface area contributed by atoms with Crippen molar-refractivity contribution in [3.05, 3.63) is 34.1 Å². The molecule has 1 N–H and O–H groups in total. The van der Waals surface area contributed by atoms with Crippen LogP contribution in [0.1, 0.15) is 17.3 Å². The third-order valence-electron chi connectivity index (χ3n) is 2.96. The van der Waals surface area contributed by atoms with Gasteiger partial charge in [-0.1, -0.05) is 15.9 Å². The topological polar surface area (TPSA) is 32.3 Å². The molecule has 1 aliphatic heterocycles. The molecule has 5 heteroatoms. The number of hydrogen-bond acceptors (Lipinski definition) is 2. The molecule has 17 heavy (non-hydrogen) atoms. The van der Waals surface area contributed by atoms with Gasteiger partial charge in [-0.05, 0) is 25.1 Å². The van der Waals surface area contributed by atoms with E-state index in [1.165, 1.54) is 12.1 Å². The van der Waals surface area contributed by atoms with Crippen LogP contribution >= 0.6 is 15.9 Å². The molecule has 0 atom stereocenters. The minimum atomic E-state index is -0.469. The van der Waals surface area contributed by atoms with E-state index >= 15 is 0 Å². The predicted molar refractivity (Wildman–Crippen MR) is 67.5 cm³/mol. The molecule has 1 saturated heterocycles. The molecule has 3 nitrogen and oxygen atoms in total.